The lowest BCUT2D eigenvalue weighted by Gasteiger charge is -2.23. The summed E-state index contributed by atoms with van der Waals surface area (Å²) in [6.45, 7) is 0.804. The fraction of sp³-hybridized carbons (Fsp3) is 0.250. The Hall–Kier alpha value is -1.60. The summed E-state index contributed by atoms with van der Waals surface area (Å²) in [5.41, 5.74) is -0.960. The number of carbonyl (C=O) groups excluding carboxylic acids is 2. The van der Waals surface area contributed by atoms with E-state index in [1.807, 2.05) is 0 Å². The van der Waals surface area contributed by atoms with Gasteiger partial charge >= 0.3 is 12.0 Å². The maximum Gasteiger partial charge on any atom is 0.325 e. The molecule has 106 valence electrons. The first-order chi connectivity index (χ1) is 9.25. The van der Waals surface area contributed by atoms with Gasteiger partial charge in [0.05, 0.1) is 0 Å². The molecule has 8 heteroatoms. The molecule has 1 atom stereocenters. The Labute approximate surface area is 127 Å². The molecule has 1 heterocycles. The summed E-state index contributed by atoms with van der Waals surface area (Å²) in [7, 11) is 0. The zero-order chi connectivity index (χ0) is 15.1. The lowest BCUT2D eigenvalue weighted by molar-refractivity contribution is -0.142. The van der Waals surface area contributed by atoms with Gasteiger partial charge in [0.25, 0.3) is 5.91 Å². The van der Waals surface area contributed by atoms with Crippen molar-refractivity contribution in [3.63, 3.8) is 0 Å². The molecule has 1 saturated heterocycles. The second-order valence-electron chi connectivity index (χ2n) is 4.46. The van der Waals surface area contributed by atoms with E-state index in [1.165, 1.54) is 6.92 Å². The lowest BCUT2D eigenvalue weighted by atomic mass is 9.92. The van der Waals surface area contributed by atoms with Crippen molar-refractivity contribution in [3.8, 4) is 0 Å². The lowest BCUT2D eigenvalue weighted by Crippen LogP contribution is -2.41. The highest BCUT2D eigenvalue weighted by Gasteiger charge is 2.50. The summed E-state index contributed by atoms with van der Waals surface area (Å²) in [4.78, 5) is 35.4. The number of nitrogens with zero attached hydrogens (tertiary/aromatic N) is 1. The second kappa shape index (κ2) is 5.06. The van der Waals surface area contributed by atoms with Gasteiger partial charge in [-0.2, -0.15) is 0 Å². The summed E-state index contributed by atoms with van der Waals surface area (Å²) in [5.74, 6) is -1.91. The Kier molecular flexibility index (Phi) is 3.75. The van der Waals surface area contributed by atoms with Crippen molar-refractivity contribution in [3.05, 3.63) is 33.3 Å². The van der Waals surface area contributed by atoms with Crippen molar-refractivity contribution in [2.75, 3.05) is 6.54 Å². The van der Waals surface area contributed by atoms with Crippen LogP contribution in [0.25, 0.3) is 0 Å². The van der Waals surface area contributed by atoms with Crippen LogP contribution in [0.5, 0.6) is 0 Å². The van der Waals surface area contributed by atoms with Gasteiger partial charge < -0.3 is 10.4 Å². The molecule has 0 aromatic heterocycles. The molecule has 3 amide bonds. The molecule has 1 aromatic carbocycles. The zero-order valence-electron chi connectivity index (χ0n) is 10.3. The zero-order valence-corrected chi connectivity index (χ0v) is 12.7. The normalized spacial score (nSPS) is 22.1. The van der Waals surface area contributed by atoms with Crippen LogP contribution in [0.15, 0.2) is 22.7 Å². The SMILES string of the molecule is CC1(c2ccc(Br)cc2Cl)NC(=O)N(CC(=O)O)C1=O. The number of imide groups is 1. The summed E-state index contributed by atoms with van der Waals surface area (Å²) in [6, 6.07) is 4.14. The van der Waals surface area contributed by atoms with E-state index in [0.29, 0.717) is 15.5 Å². The monoisotopic (exact) mass is 360 g/mol. The molecule has 0 radical (unpaired) electrons. The van der Waals surface area contributed by atoms with Crippen molar-refractivity contribution in [2.24, 2.45) is 0 Å². The van der Waals surface area contributed by atoms with Crippen LogP contribution < -0.4 is 5.32 Å². The highest BCUT2D eigenvalue weighted by molar-refractivity contribution is 9.10. The molecule has 0 saturated carbocycles. The third-order valence-corrected chi connectivity index (χ3v) is 3.84. The van der Waals surface area contributed by atoms with Crippen LogP contribution in [0.1, 0.15) is 12.5 Å². The Morgan fingerprint density at radius 1 is 1.50 bits per heavy atom. The van der Waals surface area contributed by atoms with E-state index in [4.69, 9.17) is 16.7 Å². The number of urea groups is 1. The van der Waals surface area contributed by atoms with E-state index in [1.54, 1.807) is 18.2 Å². The molecular weight excluding hydrogens is 351 g/mol. The Morgan fingerprint density at radius 3 is 2.70 bits per heavy atom. The van der Waals surface area contributed by atoms with Gasteiger partial charge in [-0.25, -0.2) is 4.79 Å². The summed E-state index contributed by atoms with van der Waals surface area (Å²) in [6.07, 6.45) is 0. The van der Waals surface area contributed by atoms with Crippen LogP contribution in [0.4, 0.5) is 4.79 Å². The summed E-state index contributed by atoms with van der Waals surface area (Å²) < 4.78 is 0.731. The van der Waals surface area contributed by atoms with Crippen LogP contribution in [-0.2, 0) is 15.1 Å². The molecule has 1 aliphatic heterocycles. The topological polar surface area (TPSA) is 86.7 Å². The van der Waals surface area contributed by atoms with Crippen LogP contribution >= 0.6 is 27.5 Å². The molecule has 6 nitrogen and oxygen atoms in total. The van der Waals surface area contributed by atoms with Gasteiger partial charge in [0.1, 0.15) is 12.1 Å². The minimum atomic E-state index is -1.37. The van der Waals surface area contributed by atoms with Gasteiger partial charge in [0, 0.05) is 15.1 Å². The van der Waals surface area contributed by atoms with E-state index < -0.39 is 30.0 Å². The Morgan fingerprint density at radius 2 is 2.15 bits per heavy atom. The van der Waals surface area contributed by atoms with E-state index in [9.17, 15) is 14.4 Å². The fourth-order valence-corrected chi connectivity index (χ4v) is 2.92. The van der Waals surface area contributed by atoms with Gasteiger partial charge in [-0.3, -0.25) is 14.5 Å². The average molecular weight is 362 g/mol. The number of hydrogen-bond acceptors (Lipinski definition) is 3. The average Bonchev–Trinajstić information content (AvgIpc) is 2.53. The van der Waals surface area contributed by atoms with Crippen molar-refractivity contribution < 1.29 is 19.5 Å². The molecule has 0 bridgehead atoms. The van der Waals surface area contributed by atoms with Crippen molar-refractivity contribution in [1.29, 1.82) is 0 Å². The second-order valence-corrected chi connectivity index (χ2v) is 5.79. The molecule has 2 N–H and O–H groups in total. The predicted molar refractivity (Wildman–Crippen MR) is 74.4 cm³/mol. The number of amides is 3. The smallest absolute Gasteiger partial charge is 0.325 e. The van der Waals surface area contributed by atoms with Crippen LogP contribution in [0.2, 0.25) is 5.02 Å². The largest absolute Gasteiger partial charge is 0.480 e. The summed E-state index contributed by atoms with van der Waals surface area (Å²) in [5, 5.41) is 11.5. The van der Waals surface area contributed by atoms with Gasteiger partial charge in [-0.15, -0.1) is 0 Å². The molecular formula is C12H10BrClN2O4. The standard InChI is InChI=1S/C12H10BrClN2O4/c1-12(7-3-2-6(13)4-8(7)14)10(19)16(5-9(17)18)11(20)15-12/h2-4H,5H2,1H3,(H,15,20)(H,17,18). The minimum Gasteiger partial charge on any atom is -0.480 e. The van der Waals surface area contributed by atoms with Crippen LogP contribution in [0.3, 0.4) is 0 Å². The number of carbonyl (C=O) groups is 3. The molecule has 1 unspecified atom stereocenters. The quantitative estimate of drug-likeness (QED) is 0.806. The molecule has 1 aromatic rings. The molecule has 1 fully saturated rings. The van der Waals surface area contributed by atoms with Gasteiger partial charge in [0.15, 0.2) is 0 Å². The number of carboxylic acid groups (broad SMARTS) is 1. The number of carboxylic acids is 1. The van der Waals surface area contributed by atoms with Crippen molar-refractivity contribution in [2.45, 2.75) is 12.5 Å². The number of hydrogen-bond donors (Lipinski definition) is 2. The molecule has 0 spiro atoms. The van der Waals surface area contributed by atoms with Gasteiger partial charge in [0.2, 0.25) is 0 Å². The maximum absolute atomic E-state index is 12.3. The van der Waals surface area contributed by atoms with E-state index in [2.05, 4.69) is 21.2 Å². The third kappa shape index (κ3) is 2.38. The minimum absolute atomic E-state index is 0.299. The van der Waals surface area contributed by atoms with E-state index in [0.717, 1.165) is 4.47 Å². The first-order valence-corrected chi connectivity index (χ1v) is 6.74. The number of rotatable bonds is 3. The van der Waals surface area contributed by atoms with Gasteiger partial charge in [-0.1, -0.05) is 33.6 Å². The highest BCUT2D eigenvalue weighted by Crippen LogP contribution is 2.34. The highest BCUT2D eigenvalue weighted by atomic mass is 79.9. The fourth-order valence-electron chi connectivity index (χ4n) is 2.05. The number of aliphatic carboxylic acids is 1. The maximum atomic E-state index is 12.3. The van der Waals surface area contributed by atoms with Crippen molar-refractivity contribution >= 4 is 45.4 Å². The first kappa shape index (κ1) is 14.8. The number of benzene rings is 1. The van der Waals surface area contributed by atoms with E-state index in [-0.39, 0.29) is 0 Å². The Balaban J connectivity index is 2.43. The first-order valence-electron chi connectivity index (χ1n) is 5.57. The van der Waals surface area contributed by atoms with Gasteiger partial charge in [-0.05, 0) is 19.1 Å². The number of halogens is 2. The van der Waals surface area contributed by atoms with E-state index >= 15 is 0 Å². The van der Waals surface area contributed by atoms with Crippen molar-refractivity contribution in [1.82, 2.24) is 10.2 Å². The molecule has 20 heavy (non-hydrogen) atoms. The summed E-state index contributed by atoms with van der Waals surface area (Å²) >= 11 is 9.35. The number of nitrogens with one attached hydrogen (secondary N) is 1. The van der Waals surface area contributed by atoms with Crippen LogP contribution in [0, 0.1) is 0 Å². The molecule has 1 aliphatic rings. The molecule has 2 rings (SSSR count). The third-order valence-electron chi connectivity index (χ3n) is 3.04. The van der Waals surface area contributed by atoms with Crippen LogP contribution in [-0.4, -0.2) is 34.5 Å². The Bertz CT molecular complexity index is 621. The molecule has 0 aliphatic carbocycles. The predicted octanol–water partition coefficient (Wildman–Crippen LogP) is 1.95.